The van der Waals surface area contributed by atoms with Crippen molar-refractivity contribution in [2.24, 2.45) is 5.41 Å². The first-order valence-electron chi connectivity index (χ1n) is 4.73. The fourth-order valence-corrected chi connectivity index (χ4v) is 2.40. The van der Waals surface area contributed by atoms with Gasteiger partial charge in [0.25, 0.3) is 0 Å². The Morgan fingerprint density at radius 2 is 2.38 bits per heavy atom. The van der Waals surface area contributed by atoms with Crippen molar-refractivity contribution in [2.45, 2.75) is 32.3 Å². The summed E-state index contributed by atoms with van der Waals surface area (Å²) in [5, 5.41) is 9.80. The zero-order valence-corrected chi connectivity index (χ0v) is 7.79. The summed E-state index contributed by atoms with van der Waals surface area (Å²) in [5.74, 6) is 0. The molecular weight excluding hydrogens is 164 g/mol. The minimum absolute atomic E-state index is 0.162. The number of allylic oxidation sites excluding steroid dienone is 2. The van der Waals surface area contributed by atoms with E-state index in [0.717, 1.165) is 30.3 Å². The van der Waals surface area contributed by atoms with E-state index in [-0.39, 0.29) is 11.5 Å². The maximum Gasteiger partial charge on any atom is 0.150 e. The Morgan fingerprint density at radius 1 is 1.62 bits per heavy atom. The van der Waals surface area contributed by atoms with Gasteiger partial charge in [0.1, 0.15) is 6.29 Å². The number of aliphatic hydroxyl groups excluding tert-OH is 1. The summed E-state index contributed by atoms with van der Waals surface area (Å²) < 4.78 is 0. The smallest absolute Gasteiger partial charge is 0.150 e. The summed E-state index contributed by atoms with van der Waals surface area (Å²) in [4.78, 5) is 10.8. The zero-order chi connectivity index (χ0) is 9.47. The van der Waals surface area contributed by atoms with Gasteiger partial charge in [-0.3, -0.25) is 4.79 Å². The summed E-state index contributed by atoms with van der Waals surface area (Å²) in [6.45, 7) is 2.05. The fraction of sp³-hybridized carbons (Fsp3) is 0.545. The molecule has 2 rings (SSSR count). The van der Waals surface area contributed by atoms with Crippen molar-refractivity contribution in [3.63, 3.8) is 0 Å². The maximum atomic E-state index is 10.8. The van der Waals surface area contributed by atoms with Crippen molar-refractivity contribution < 1.29 is 9.90 Å². The van der Waals surface area contributed by atoms with E-state index in [1.165, 1.54) is 0 Å². The van der Waals surface area contributed by atoms with Crippen LogP contribution in [0.5, 0.6) is 0 Å². The molecule has 0 saturated heterocycles. The number of carbonyl (C=O) groups is 1. The largest absolute Gasteiger partial charge is 0.392 e. The van der Waals surface area contributed by atoms with Gasteiger partial charge in [0.05, 0.1) is 6.10 Å². The van der Waals surface area contributed by atoms with E-state index in [9.17, 15) is 9.90 Å². The van der Waals surface area contributed by atoms with Crippen molar-refractivity contribution in [3.05, 3.63) is 23.3 Å². The molecule has 70 valence electrons. The van der Waals surface area contributed by atoms with Crippen LogP contribution in [-0.2, 0) is 4.79 Å². The van der Waals surface area contributed by atoms with Crippen molar-refractivity contribution in [1.82, 2.24) is 0 Å². The molecule has 2 heteroatoms. The lowest BCUT2D eigenvalue weighted by Crippen LogP contribution is -2.32. The lowest BCUT2D eigenvalue weighted by molar-refractivity contribution is -0.104. The molecule has 0 bridgehead atoms. The Balaban J connectivity index is 2.42. The molecule has 2 unspecified atom stereocenters. The van der Waals surface area contributed by atoms with Crippen molar-refractivity contribution in [2.75, 3.05) is 0 Å². The van der Waals surface area contributed by atoms with Crippen LogP contribution in [0, 0.1) is 5.41 Å². The van der Waals surface area contributed by atoms with E-state index in [1.54, 1.807) is 0 Å². The minimum Gasteiger partial charge on any atom is -0.392 e. The molecule has 2 atom stereocenters. The topological polar surface area (TPSA) is 37.3 Å². The molecule has 0 aliphatic heterocycles. The standard InChI is InChI=1S/C11H14O2/c1-11-6-2-3-8(7-12)9(11)4-5-10(11)13/h3-4,7,10,13H,2,5-6H2,1H3. The van der Waals surface area contributed by atoms with Gasteiger partial charge in [0.15, 0.2) is 0 Å². The lowest BCUT2D eigenvalue weighted by atomic mass is 9.71. The molecule has 0 aromatic carbocycles. The van der Waals surface area contributed by atoms with Gasteiger partial charge in [-0.1, -0.05) is 19.1 Å². The molecule has 0 aromatic rings. The van der Waals surface area contributed by atoms with Crippen LogP contribution in [0.3, 0.4) is 0 Å². The first-order chi connectivity index (χ1) is 6.18. The van der Waals surface area contributed by atoms with Crippen LogP contribution in [0.4, 0.5) is 0 Å². The van der Waals surface area contributed by atoms with Gasteiger partial charge >= 0.3 is 0 Å². The number of hydrogen-bond donors (Lipinski definition) is 1. The third-order valence-electron chi connectivity index (χ3n) is 3.36. The van der Waals surface area contributed by atoms with Crippen LogP contribution in [0.2, 0.25) is 0 Å². The predicted molar refractivity (Wildman–Crippen MR) is 50.2 cm³/mol. The van der Waals surface area contributed by atoms with Gasteiger partial charge < -0.3 is 5.11 Å². The zero-order valence-electron chi connectivity index (χ0n) is 7.79. The summed E-state index contributed by atoms with van der Waals surface area (Å²) in [5.41, 5.74) is 1.68. The van der Waals surface area contributed by atoms with E-state index in [2.05, 4.69) is 0 Å². The van der Waals surface area contributed by atoms with E-state index in [4.69, 9.17) is 0 Å². The number of fused-ring (bicyclic) bond motifs is 1. The maximum absolute atomic E-state index is 10.8. The Morgan fingerprint density at radius 3 is 3.08 bits per heavy atom. The molecule has 0 spiro atoms. The third-order valence-corrected chi connectivity index (χ3v) is 3.36. The average molecular weight is 178 g/mol. The van der Waals surface area contributed by atoms with Gasteiger partial charge in [0, 0.05) is 11.0 Å². The highest BCUT2D eigenvalue weighted by molar-refractivity contribution is 5.82. The van der Waals surface area contributed by atoms with Gasteiger partial charge in [-0.25, -0.2) is 0 Å². The van der Waals surface area contributed by atoms with E-state index in [1.807, 2.05) is 19.1 Å². The molecular formula is C11H14O2. The Bertz CT molecular complexity index is 301. The van der Waals surface area contributed by atoms with Crippen LogP contribution in [0.15, 0.2) is 23.3 Å². The molecule has 0 amide bonds. The van der Waals surface area contributed by atoms with Crippen LogP contribution in [-0.4, -0.2) is 17.5 Å². The van der Waals surface area contributed by atoms with Crippen molar-refractivity contribution >= 4 is 6.29 Å². The first-order valence-corrected chi connectivity index (χ1v) is 4.73. The number of carbonyl (C=O) groups excluding carboxylic acids is 1. The average Bonchev–Trinajstić information content (AvgIpc) is 2.43. The Kier molecular flexibility index (Phi) is 1.88. The normalized spacial score (nSPS) is 37.8. The molecule has 2 aliphatic rings. The summed E-state index contributed by atoms with van der Waals surface area (Å²) >= 11 is 0. The second kappa shape index (κ2) is 2.81. The second-order valence-corrected chi connectivity index (χ2v) is 4.10. The number of aldehydes is 1. The number of hydrogen-bond acceptors (Lipinski definition) is 2. The molecule has 1 N–H and O–H groups in total. The summed E-state index contributed by atoms with van der Waals surface area (Å²) in [7, 11) is 0. The minimum atomic E-state index is -0.300. The molecule has 2 nitrogen and oxygen atoms in total. The SMILES string of the molecule is CC12CCC=C(C=O)C1=CCC2O. The van der Waals surface area contributed by atoms with Crippen molar-refractivity contribution in [1.29, 1.82) is 0 Å². The summed E-state index contributed by atoms with van der Waals surface area (Å²) in [6.07, 6.45) is 7.13. The van der Waals surface area contributed by atoms with Gasteiger partial charge in [-0.15, -0.1) is 0 Å². The van der Waals surface area contributed by atoms with Crippen LogP contribution in [0.1, 0.15) is 26.2 Å². The molecule has 0 fully saturated rings. The van der Waals surface area contributed by atoms with Crippen LogP contribution >= 0.6 is 0 Å². The highest BCUT2D eigenvalue weighted by atomic mass is 16.3. The van der Waals surface area contributed by atoms with Crippen molar-refractivity contribution in [3.8, 4) is 0 Å². The number of rotatable bonds is 1. The van der Waals surface area contributed by atoms with Crippen LogP contribution < -0.4 is 0 Å². The molecule has 0 aromatic heterocycles. The second-order valence-electron chi connectivity index (χ2n) is 4.10. The van der Waals surface area contributed by atoms with Gasteiger partial charge in [-0.05, 0) is 24.8 Å². The van der Waals surface area contributed by atoms with E-state index >= 15 is 0 Å². The molecule has 0 saturated carbocycles. The highest BCUT2D eigenvalue weighted by Gasteiger charge is 2.42. The van der Waals surface area contributed by atoms with Gasteiger partial charge in [-0.2, -0.15) is 0 Å². The molecule has 13 heavy (non-hydrogen) atoms. The molecule has 2 aliphatic carbocycles. The predicted octanol–water partition coefficient (Wildman–Crippen LogP) is 1.60. The van der Waals surface area contributed by atoms with Crippen LogP contribution in [0.25, 0.3) is 0 Å². The Hall–Kier alpha value is -0.890. The Labute approximate surface area is 78.0 Å². The van der Waals surface area contributed by atoms with E-state index < -0.39 is 0 Å². The number of aliphatic hydroxyl groups is 1. The van der Waals surface area contributed by atoms with Gasteiger partial charge in [0.2, 0.25) is 0 Å². The highest BCUT2D eigenvalue weighted by Crippen LogP contribution is 2.48. The monoisotopic (exact) mass is 178 g/mol. The molecule has 0 radical (unpaired) electrons. The fourth-order valence-electron chi connectivity index (χ4n) is 2.40. The summed E-state index contributed by atoms with van der Waals surface area (Å²) in [6, 6.07) is 0. The lowest BCUT2D eigenvalue weighted by Gasteiger charge is -2.34. The van der Waals surface area contributed by atoms with E-state index in [0.29, 0.717) is 6.42 Å². The molecule has 0 heterocycles. The quantitative estimate of drug-likeness (QED) is 0.619. The third kappa shape index (κ3) is 1.09. The first kappa shape index (κ1) is 8.70.